The number of amides is 1. The second kappa shape index (κ2) is 7.33. The molecule has 2 heterocycles. The standard InChI is InChI=1S/C19H23N5O3S/c1-12-10-15(11-16(13(12)2)28(26,27)23(4)5)19(25)20-14(3)18-22-21-17-8-6-7-9-24(17)18/h6-11,14H,1-5H3,(H,20,25). The lowest BCUT2D eigenvalue weighted by molar-refractivity contribution is 0.0938. The van der Waals surface area contributed by atoms with E-state index in [0.717, 1.165) is 9.87 Å². The van der Waals surface area contributed by atoms with Gasteiger partial charge in [-0.3, -0.25) is 9.20 Å². The summed E-state index contributed by atoms with van der Waals surface area (Å²) < 4.78 is 28.2. The quantitative estimate of drug-likeness (QED) is 0.706. The van der Waals surface area contributed by atoms with Gasteiger partial charge >= 0.3 is 0 Å². The van der Waals surface area contributed by atoms with Crippen LogP contribution in [-0.4, -0.2) is 47.3 Å². The van der Waals surface area contributed by atoms with E-state index >= 15 is 0 Å². The Kier molecular flexibility index (Phi) is 5.22. The second-order valence-corrected chi connectivity index (χ2v) is 9.01. The molecular weight excluding hydrogens is 378 g/mol. The minimum absolute atomic E-state index is 0.128. The van der Waals surface area contributed by atoms with Gasteiger partial charge in [0.25, 0.3) is 5.91 Å². The predicted octanol–water partition coefficient (Wildman–Crippen LogP) is 2.09. The molecule has 1 atom stereocenters. The molecule has 0 aliphatic rings. The molecule has 0 spiro atoms. The topological polar surface area (TPSA) is 96.7 Å². The molecule has 0 aliphatic carbocycles. The van der Waals surface area contributed by atoms with Crippen LogP contribution in [0.15, 0.2) is 41.4 Å². The van der Waals surface area contributed by atoms with Crippen LogP contribution in [0.1, 0.15) is 40.3 Å². The Bertz CT molecular complexity index is 1150. The molecule has 0 saturated heterocycles. The average Bonchev–Trinajstić information content (AvgIpc) is 3.07. The van der Waals surface area contributed by atoms with Crippen molar-refractivity contribution in [1.82, 2.24) is 24.2 Å². The van der Waals surface area contributed by atoms with Crippen LogP contribution in [0.5, 0.6) is 0 Å². The summed E-state index contributed by atoms with van der Waals surface area (Å²) in [5.74, 6) is 0.215. The zero-order valence-corrected chi connectivity index (χ0v) is 17.3. The molecule has 0 aliphatic heterocycles. The monoisotopic (exact) mass is 401 g/mol. The number of sulfonamides is 1. The first-order chi connectivity index (χ1) is 13.1. The van der Waals surface area contributed by atoms with Crippen LogP contribution in [0.25, 0.3) is 5.65 Å². The lowest BCUT2D eigenvalue weighted by atomic mass is 10.1. The Morgan fingerprint density at radius 3 is 2.57 bits per heavy atom. The summed E-state index contributed by atoms with van der Waals surface area (Å²) in [5.41, 5.74) is 2.32. The number of pyridine rings is 1. The summed E-state index contributed by atoms with van der Waals surface area (Å²) in [4.78, 5) is 12.9. The lowest BCUT2D eigenvalue weighted by Crippen LogP contribution is -2.29. The van der Waals surface area contributed by atoms with Crippen LogP contribution in [-0.2, 0) is 10.0 Å². The van der Waals surface area contributed by atoms with Crippen LogP contribution in [0.3, 0.4) is 0 Å². The Labute approximate surface area is 164 Å². The highest BCUT2D eigenvalue weighted by atomic mass is 32.2. The molecule has 0 fully saturated rings. The first kappa shape index (κ1) is 20.0. The maximum atomic E-state index is 12.8. The highest BCUT2D eigenvalue weighted by molar-refractivity contribution is 7.89. The molecule has 8 nitrogen and oxygen atoms in total. The van der Waals surface area contributed by atoms with Gasteiger partial charge in [-0.05, 0) is 56.2 Å². The normalized spacial score (nSPS) is 13.1. The van der Waals surface area contributed by atoms with Gasteiger partial charge in [-0.15, -0.1) is 10.2 Å². The van der Waals surface area contributed by atoms with Crippen molar-refractivity contribution in [1.29, 1.82) is 0 Å². The molecule has 2 aromatic heterocycles. The number of rotatable bonds is 5. The molecular formula is C19H23N5O3S. The van der Waals surface area contributed by atoms with E-state index in [1.807, 2.05) is 24.4 Å². The highest BCUT2D eigenvalue weighted by Gasteiger charge is 2.24. The van der Waals surface area contributed by atoms with Crippen molar-refractivity contribution in [3.05, 3.63) is 59.0 Å². The maximum Gasteiger partial charge on any atom is 0.251 e. The summed E-state index contributed by atoms with van der Waals surface area (Å²) >= 11 is 0. The fourth-order valence-electron chi connectivity index (χ4n) is 2.92. The van der Waals surface area contributed by atoms with Gasteiger partial charge in [0.1, 0.15) is 0 Å². The van der Waals surface area contributed by atoms with Gasteiger partial charge in [0, 0.05) is 25.9 Å². The molecule has 1 aromatic carbocycles. The van der Waals surface area contributed by atoms with E-state index in [4.69, 9.17) is 0 Å². The third kappa shape index (κ3) is 3.50. The molecule has 3 aromatic rings. The van der Waals surface area contributed by atoms with E-state index in [-0.39, 0.29) is 16.4 Å². The summed E-state index contributed by atoms with van der Waals surface area (Å²) in [5, 5.41) is 11.1. The number of carbonyl (C=O) groups is 1. The number of nitrogens with one attached hydrogen (secondary N) is 1. The lowest BCUT2D eigenvalue weighted by Gasteiger charge is -2.17. The third-order valence-electron chi connectivity index (χ3n) is 4.72. The van der Waals surface area contributed by atoms with E-state index in [9.17, 15) is 13.2 Å². The van der Waals surface area contributed by atoms with E-state index in [1.165, 1.54) is 20.2 Å². The van der Waals surface area contributed by atoms with Crippen LogP contribution in [0.2, 0.25) is 0 Å². The van der Waals surface area contributed by atoms with Crippen molar-refractivity contribution < 1.29 is 13.2 Å². The SMILES string of the molecule is Cc1cc(C(=O)NC(C)c2nnc3ccccn23)cc(S(=O)(=O)N(C)C)c1C. The zero-order chi connectivity index (χ0) is 20.6. The van der Waals surface area contributed by atoms with E-state index < -0.39 is 16.1 Å². The summed E-state index contributed by atoms with van der Waals surface area (Å²) in [6.07, 6.45) is 1.82. The van der Waals surface area contributed by atoms with E-state index in [2.05, 4.69) is 15.5 Å². The van der Waals surface area contributed by atoms with Gasteiger partial charge in [-0.25, -0.2) is 12.7 Å². The Morgan fingerprint density at radius 2 is 1.89 bits per heavy atom. The summed E-state index contributed by atoms with van der Waals surface area (Å²) in [6, 6.07) is 8.23. The molecule has 148 valence electrons. The summed E-state index contributed by atoms with van der Waals surface area (Å²) in [7, 11) is -0.725. The van der Waals surface area contributed by atoms with Crippen LogP contribution >= 0.6 is 0 Å². The number of benzene rings is 1. The van der Waals surface area contributed by atoms with Gasteiger partial charge < -0.3 is 5.32 Å². The van der Waals surface area contributed by atoms with Crippen molar-refractivity contribution in [3.8, 4) is 0 Å². The molecule has 3 rings (SSSR count). The minimum Gasteiger partial charge on any atom is -0.342 e. The van der Waals surface area contributed by atoms with Crippen molar-refractivity contribution >= 4 is 21.6 Å². The number of nitrogens with zero attached hydrogens (tertiary/aromatic N) is 4. The van der Waals surface area contributed by atoms with Gasteiger partial charge in [0.2, 0.25) is 10.0 Å². The van der Waals surface area contributed by atoms with Crippen LogP contribution in [0, 0.1) is 13.8 Å². The smallest absolute Gasteiger partial charge is 0.251 e. The maximum absolute atomic E-state index is 12.8. The first-order valence-corrected chi connectivity index (χ1v) is 10.2. The van der Waals surface area contributed by atoms with Gasteiger partial charge in [-0.1, -0.05) is 6.07 Å². The number of carbonyl (C=O) groups excluding carboxylic acids is 1. The first-order valence-electron chi connectivity index (χ1n) is 8.77. The number of hydrogen-bond acceptors (Lipinski definition) is 5. The van der Waals surface area contributed by atoms with Crippen molar-refractivity contribution in [2.45, 2.75) is 31.7 Å². The fraction of sp³-hybridized carbons (Fsp3) is 0.316. The number of fused-ring (bicyclic) bond motifs is 1. The minimum atomic E-state index is -3.66. The molecule has 9 heteroatoms. The number of aryl methyl sites for hydroxylation is 1. The highest BCUT2D eigenvalue weighted by Crippen LogP contribution is 2.24. The van der Waals surface area contributed by atoms with E-state index in [1.54, 1.807) is 31.2 Å². The largest absolute Gasteiger partial charge is 0.342 e. The van der Waals surface area contributed by atoms with Crippen molar-refractivity contribution in [2.24, 2.45) is 0 Å². The van der Waals surface area contributed by atoms with Crippen molar-refractivity contribution in [3.63, 3.8) is 0 Å². The summed E-state index contributed by atoms with van der Waals surface area (Å²) in [6.45, 7) is 5.33. The van der Waals surface area contributed by atoms with Crippen LogP contribution in [0.4, 0.5) is 0 Å². The molecule has 0 saturated carbocycles. The Hall–Kier alpha value is -2.78. The third-order valence-corrected chi connectivity index (χ3v) is 6.66. The molecule has 1 amide bonds. The molecule has 28 heavy (non-hydrogen) atoms. The molecule has 1 unspecified atom stereocenters. The average molecular weight is 401 g/mol. The fourth-order valence-corrected chi connectivity index (χ4v) is 4.14. The van der Waals surface area contributed by atoms with Gasteiger partial charge in [0.05, 0.1) is 10.9 Å². The van der Waals surface area contributed by atoms with Gasteiger partial charge in [-0.2, -0.15) is 0 Å². The molecule has 0 radical (unpaired) electrons. The van der Waals surface area contributed by atoms with Crippen molar-refractivity contribution in [2.75, 3.05) is 14.1 Å². The Balaban J connectivity index is 1.94. The molecule has 1 N–H and O–H groups in total. The zero-order valence-electron chi connectivity index (χ0n) is 16.5. The van der Waals surface area contributed by atoms with E-state index in [0.29, 0.717) is 17.0 Å². The van der Waals surface area contributed by atoms with Crippen LogP contribution < -0.4 is 5.32 Å². The molecule has 0 bridgehead atoms. The second-order valence-electron chi connectivity index (χ2n) is 6.89. The number of aromatic nitrogens is 3. The number of hydrogen-bond donors (Lipinski definition) is 1. The Morgan fingerprint density at radius 1 is 1.18 bits per heavy atom. The van der Waals surface area contributed by atoms with Gasteiger partial charge in [0.15, 0.2) is 11.5 Å². The predicted molar refractivity (Wildman–Crippen MR) is 106 cm³/mol.